The Morgan fingerprint density at radius 3 is 3.07 bits per heavy atom. The van der Waals surface area contributed by atoms with Gasteiger partial charge >= 0.3 is 0 Å². The average Bonchev–Trinajstić information content (AvgIpc) is 2.66. The smallest absolute Gasteiger partial charge is 0.222 e. The molecule has 3 N–H and O–H groups in total. The fourth-order valence-electron chi connectivity index (χ4n) is 1.40. The number of rotatable bonds is 5. The Labute approximate surface area is 83.9 Å². The zero-order chi connectivity index (χ0) is 10.4. The first-order chi connectivity index (χ1) is 6.76. The quantitative estimate of drug-likeness (QED) is 0.615. The molecule has 0 aromatic heterocycles. The van der Waals surface area contributed by atoms with Crippen molar-refractivity contribution >= 4 is 5.91 Å². The molecule has 14 heavy (non-hydrogen) atoms. The second-order valence-electron chi connectivity index (χ2n) is 3.43. The molecule has 5 heteroatoms. The van der Waals surface area contributed by atoms with Gasteiger partial charge in [-0.3, -0.25) is 4.79 Å². The van der Waals surface area contributed by atoms with Crippen molar-refractivity contribution in [2.45, 2.75) is 25.0 Å². The van der Waals surface area contributed by atoms with Crippen LogP contribution in [-0.4, -0.2) is 44.9 Å². The summed E-state index contributed by atoms with van der Waals surface area (Å²) in [5, 5.41) is 2.88. The van der Waals surface area contributed by atoms with Gasteiger partial charge in [0.2, 0.25) is 5.91 Å². The van der Waals surface area contributed by atoms with E-state index in [0.717, 1.165) is 13.0 Å². The summed E-state index contributed by atoms with van der Waals surface area (Å²) in [7, 11) is 1.56. The SMILES string of the molecule is COC(CN)CC(=O)NC1CCOC1. The maximum atomic E-state index is 11.4. The third-order valence-electron chi connectivity index (χ3n) is 2.30. The van der Waals surface area contributed by atoms with E-state index in [1.807, 2.05) is 0 Å². The van der Waals surface area contributed by atoms with Crippen molar-refractivity contribution in [1.29, 1.82) is 0 Å². The van der Waals surface area contributed by atoms with E-state index in [0.29, 0.717) is 19.6 Å². The van der Waals surface area contributed by atoms with Crippen molar-refractivity contribution in [1.82, 2.24) is 5.32 Å². The third-order valence-corrected chi connectivity index (χ3v) is 2.30. The van der Waals surface area contributed by atoms with Gasteiger partial charge in [-0.1, -0.05) is 0 Å². The second-order valence-corrected chi connectivity index (χ2v) is 3.43. The van der Waals surface area contributed by atoms with Crippen molar-refractivity contribution < 1.29 is 14.3 Å². The van der Waals surface area contributed by atoms with E-state index < -0.39 is 0 Å². The van der Waals surface area contributed by atoms with Crippen molar-refractivity contribution in [3.8, 4) is 0 Å². The summed E-state index contributed by atoms with van der Waals surface area (Å²) in [4.78, 5) is 11.4. The highest BCUT2D eigenvalue weighted by atomic mass is 16.5. The second kappa shape index (κ2) is 5.95. The minimum Gasteiger partial charge on any atom is -0.380 e. The van der Waals surface area contributed by atoms with Gasteiger partial charge in [-0.15, -0.1) is 0 Å². The molecule has 2 atom stereocenters. The molecule has 0 aliphatic carbocycles. The van der Waals surface area contributed by atoms with Crippen LogP contribution in [0.3, 0.4) is 0 Å². The van der Waals surface area contributed by atoms with Crippen LogP contribution in [0.1, 0.15) is 12.8 Å². The highest BCUT2D eigenvalue weighted by Crippen LogP contribution is 2.04. The molecular formula is C9H18N2O3. The number of carbonyl (C=O) groups excluding carboxylic acids is 1. The lowest BCUT2D eigenvalue weighted by Gasteiger charge is -2.15. The molecule has 1 fully saturated rings. The van der Waals surface area contributed by atoms with E-state index in [1.54, 1.807) is 7.11 Å². The van der Waals surface area contributed by atoms with Gasteiger partial charge in [0.15, 0.2) is 0 Å². The topological polar surface area (TPSA) is 73.6 Å². The summed E-state index contributed by atoms with van der Waals surface area (Å²) in [6.45, 7) is 1.71. The summed E-state index contributed by atoms with van der Waals surface area (Å²) in [5.74, 6) is -0.0159. The van der Waals surface area contributed by atoms with Gasteiger partial charge < -0.3 is 20.5 Å². The van der Waals surface area contributed by atoms with Crippen LogP contribution < -0.4 is 11.1 Å². The van der Waals surface area contributed by atoms with Crippen molar-refractivity contribution in [2.24, 2.45) is 5.73 Å². The highest BCUT2D eigenvalue weighted by molar-refractivity contribution is 5.76. The van der Waals surface area contributed by atoms with Gasteiger partial charge in [0.1, 0.15) is 0 Å². The van der Waals surface area contributed by atoms with Gasteiger partial charge in [-0.25, -0.2) is 0 Å². The Bertz CT molecular complexity index is 171. The van der Waals surface area contributed by atoms with Crippen molar-refractivity contribution in [2.75, 3.05) is 26.9 Å². The minimum atomic E-state index is -0.183. The molecule has 1 amide bonds. The van der Waals surface area contributed by atoms with Crippen LogP contribution in [0.15, 0.2) is 0 Å². The van der Waals surface area contributed by atoms with Crippen LogP contribution in [0.4, 0.5) is 0 Å². The molecule has 0 saturated carbocycles. The number of nitrogens with one attached hydrogen (secondary N) is 1. The van der Waals surface area contributed by atoms with Gasteiger partial charge in [-0.05, 0) is 6.42 Å². The molecule has 1 heterocycles. The van der Waals surface area contributed by atoms with Crippen LogP contribution in [0.5, 0.6) is 0 Å². The van der Waals surface area contributed by atoms with Gasteiger partial charge in [-0.2, -0.15) is 0 Å². The van der Waals surface area contributed by atoms with Gasteiger partial charge in [0.25, 0.3) is 0 Å². The summed E-state index contributed by atoms with van der Waals surface area (Å²) < 4.78 is 10.2. The summed E-state index contributed by atoms with van der Waals surface area (Å²) in [6.07, 6.45) is 1.03. The zero-order valence-corrected chi connectivity index (χ0v) is 8.49. The van der Waals surface area contributed by atoms with E-state index in [9.17, 15) is 4.79 Å². The predicted molar refractivity (Wildman–Crippen MR) is 51.8 cm³/mol. The Morgan fingerprint density at radius 1 is 1.79 bits per heavy atom. The number of ether oxygens (including phenoxy) is 2. The van der Waals surface area contributed by atoms with Crippen molar-refractivity contribution in [3.05, 3.63) is 0 Å². The fraction of sp³-hybridized carbons (Fsp3) is 0.889. The molecule has 2 unspecified atom stereocenters. The molecule has 0 bridgehead atoms. The Hall–Kier alpha value is -0.650. The number of hydrogen-bond donors (Lipinski definition) is 2. The first-order valence-electron chi connectivity index (χ1n) is 4.86. The van der Waals surface area contributed by atoms with E-state index in [2.05, 4.69) is 5.32 Å². The van der Waals surface area contributed by atoms with E-state index in [1.165, 1.54) is 0 Å². The van der Waals surface area contributed by atoms with Crippen LogP contribution in [-0.2, 0) is 14.3 Å². The summed E-state index contributed by atoms with van der Waals surface area (Å²) >= 11 is 0. The first-order valence-corrected chi connectivity index (χ1v) is 4.86. The van der Waals surface area contributed by atoms with E-state index >= 15 is 0 Å². The fourth-order valence-corrected chi connectivity index (χ4v) is 1.40. The number of methoxy groups -OCH3 is 1. The van der Waals surface area contributed by atoms with Gasteiger partial charge in [0, 0.05) is 20.3 Å². The normalized spacial score (nSPS) is 23.4. The number of nitrogens with two attached hydrogens (primary N) is 1. The predicted octanol–water partition coefficient (Wildman–Crippen LogP) is -0.745. The lowest BCUT2D eigenvalue weighted by Crippen LogP contribution is -2.38. The van der Waals surface area contributed by atoms with Crippen LogP contribution >= 0.6 is 0 Å². The molecule has 1 rings (SSSR count). The molecule has 82 valence electrons. The van der Waals surface area contributed by atoms with Gasteiger partial charge in [0.05, 0.1) is 25.2 Å². The molecule has 0 radical (unpaired) electrons. The van der Waals surface area contributed by atoms with Crippen molar-refractivity contribution in [3.63, 3.8) is 0 Å². The lowest BCUT2D eigenvalue weighted by molar-refractivity contribution is -0.124. The number of amides is 1. The standard InChI is InChI=1S/C9H18N2O3/c1-13-8(5-10)4-9(12)11-7-2-3-14-6-7/h7-8H,2-6,10H2,1H3,(H,11,12). The Morgan fingerprint density at radius 2 is 2.57 bits per heavy atom. The Kier molecular flexibility index (Phi) is 4.86. The molecule has 5 nitrogen and oxygen atoms in total. The summed E-state index contributed by atoms with van der Waals surface area (Å²) in [5.41, 5.74) is 5.41. The van der Waals surface area contributed by atoms with E-state index in [-0.39, 0.29) is 18.1 Å². The number of hydrogen-bond acceptors (Lipinski definition) is 4. The maximum absolute atomic E-state index is 11.4. The molecule has 1 aliphatic rings. The third kappa shape index (κ3) is 3.61. The largest absolute Gasteiger partial charge is 0.380 e. The first kappa shape index (κ1) is 11.4. The molecule has 1 aliphatic heterocycles. The lowest BCUT2D eigenvalue weighted by atomic mass is 10.2. The van der Waals surface area contributed by atoms with Crippen LogP contribution in [0, 0.1) is 0 Å². The van der Waals surface area contributed by atoms with E-state index in [4.69, 9.17) is 15.2 Å². The van der Waals surface area contributed by atoms with Crippen LogP contribution in [0.25, 0.3) is 0 Å². The molecular weight excluding hydrogens is 184 g/mol. The maximum Gasteiger partial charge on any atom is 0.222 e. The minimum absolute atomic E-state index is 0.0159. The highest BCUT2D eigenvalue weighted by Gasteiger charge is 2.19. The average molecular weight is 202 g/mol. The molecule has 0 aromatic carbocycles. The Balaban J connectivity index is 2.20. The van der Waals surface area contributed by atoms with Crippen LogP contribution in [0.2, 0.25) is 0 Å². The zero-order valence-electron chi connectivity index (χ0n) is 8.49. The summed E-state index contributed by atoms with van der Waals surface area (Å²) in [6, 6.07) is 0.165. The molecule has 1 saturated heterocycles. The number of carbonyl (C=O) groups is 1. The monoisotopic (exact) mass is 202 g/mol. The molecule has 0 spiro atoms. The molecule has 0 aromatic rings.